The summed E-state index contributed by atoms with van der Waals surface area (Å²) >= 11 is 0. The molecule has 26 heavy (non-hydrogen) atoms. The highest BCUT2D eigenvalue weighted by atomic mass is 16.5. The molecule has 6 heteroatoms. The number of nitrogens with one attached hydrogen (secondary N) is 2. The van der Waals surface area contributed by atoms with Crippen molar-refractivity contribution < 1.29 is 14.3 Å². The van der Waals surface area contributed by atoms with Crippen LogP contribution in [0.2, 0.25) is 0 Å². The number of rotatable bonds is 9. The first kappa shape index (κ1) is 19.5. The number of hydrogen-bond acceptors (Lipinski definition) is 4. The number of para-hydroxylation sites is 1. The number of nitrogens with zero attached hydrogens (tertiary/aromatic N) is 1. The first-order valence-corrected chi connectivity index (χ1v) is 8.62. The SMILES string of the molecule is CCN(C(=O)c1ccc(NCC(=O)NCCOC)cc1)c1ccccc1. The van der Waals surface area contributed by atoms with E-state index in [0.717, 1.165) is 11.4 Å². The van der Waals surface area contributed by atoms with Crippen molar-refractivity contribution >= 4 is 23.2 Å². The van der Waals surface area contributed by atoms with Gasteiger partial charge in [-0.1, -0.05) is 18.2 Å². The van der Waals surface area contributed by atoms with Gasteiger partial charge in [0.15, 0.2) is 0 Å². The molecule has 2 aromatic rings. The van der Waals surface area contributed by atoms with Gasteiger partial charge in [0.2, 0.25) is 5.91 Å². The van der Waals surface area contributed by atoms with Crippen molar-refractivity contribution in [2.75, 3.05) is 43.6 Å². The van der Waals surface area contributed by atoms with Crippen LogP contribution in [0, 0.1) is 0 Å². The number of benzene rings is 2. The maximum absolute atomic E-state index is 12.7. The normalized spacial score (nSPS) is 10.2. The average Bonchev–Trinajstić information content (AvgIpc) is 2.68. The van der Waals surface area contributed by atoms with Crippen LogP contribution < -0.4 is 15.5 Å². The number of ether oxygens (including phenoxy) is 1. The van der Waals surface area contributed by atoms with Gasteiger partial charge in [0.05, 0.1) is 13.2 Å². The average molecular weight is 355 g/mol. The summed E-state index contributed by atoms with van der Waals surface area (Å²) in [6, 6.07) is 16.7. The molecule has 0 aliphatic heterocycles. The Balaban J connectivity index is 1.93. The van der Waals surface area contributed by atoms with Crippen molar-refractivity contribution in [2.45, 2.75) is 6.92 Å². The van der Waals surface area contributed by atoms with Gasteiger partial charge < -0.3 is 20.3 Å². The fourth-order valence-electron chi connectivity index (χ4n) is 2.48. The second-order valence-corrected chi connectivity index (χ2v) is 5.66. The molecule has 0 heterocycles. The Kier molecular flexibility index (Phi) is 7.64. The van der Waals surface area contributed by atoms with Crippen LogP contribution in [0.3, 0.4) is 0 Å². The molecule has 0 aromatic heterocycles. The fourth-order valence-corrected chi connectivity index (χ4v) is 2.48. The lowest BCUT2D eigenvalue weighted by Gasteiger charge is -2.21. The number of amides is 2. The number of carbonyl (C=O) groups is 2. The zero-order valence-electron chi connectivity index (χ0n) is 15.2. The van der Waals surface area contributed by atoms with E-state index in [9.17, 15) is 9.59 Å². The lowest BCUT2D eigenvalue weighted by Crippen LogP contribution is -2.32. The van der Waals surface area contributed by atoms with Crippen LogP contribution in [0.1, 0.15) is 17.3 Å². The minimum atomic E-state index is -0.108. The number of carbonyl (C=O) groups excluding carboxylic acids is 2. The van der Waals surface area contributed by atoms with Gasteiger partial charge in [-0.2, -0.15) is 0 Å². The van der Waals surface area contributed by atoms with Crippen LogP contribution >= 0.6 is 0 Å². The van der Waals surface area contributed by atoms with E-state index < -0.39 is 0 Å². The van der Waals surface area contributed by atoms with Crippen LogP contribution in [0.4, 0.5) is 11.4 Å². The summed E-state index contributed by atoms with van der Waals surface area (Å²) in [6.07, 6.45) is 0. The van der Waals surface area contributed by atoms with E-state index in [4.69, 9.17) is 4.74 Å². The molecule has 0 bridgehead atoms. The van der Waals surface area contributed by atoms with E-state index in [1.807, 2.05) is 37.3 Å². The summed E-state index contributed by atoms with van der Waals surface area (Å²) in [5.41, 5.74) is 2.26. The van der Waals surface area contributed by atoms with Gasteiger partial charge >= 0.3 is 0 Å². The van der Waals surface area contributed by atoms with Crippen molar-refractivity contribution in [1.82, 2.24) is 5.32 Å². The maximum Gasteiger partial charge on any atom is 0.258 e. The molecule has 138 valence electrons. The lowest BCUT2D eigenvalue weighted by atomic mass is 10.1. The van der Waals surface area contributed by atoms with Gasteiger partial charge in [0.25, 0.3) is 5.91 Å². The zero-order valence-corrected chi connectivity index (χ0v) is 15.2. The van der Waals surface area contributed by atoms with Crippen LogP contribution in [-0.2, 0) is 9.53 Å². The summed E-state index contributed by atoms with van der Waals surface area (Å²) < 4.78 is 4.88. The summed E-state index contributed by atoms with van der Waals surface area (Å²) in [6.45, 7) is 3.67. The molecule has 0 unspecified atom stereocenters. The maximum atomic E-state index is 12.7. The summed E-state index contributed by atoms with van der Waals surface area (Å²) in [7, 11) is 1.59. The lowest BCUT2D eigenvalue weighted by molar-refractivity contribution is -0.119. The first-order valence-electron chi connectivity index (χ1n) is 8.62. The van der Waals surface area contributed by atoms with Gasteiger partial charge in [-0.15, -0.1) is 0 Å². The van der Waals surface area contributed by atoms with Crippen LogP contribution in [0.15, 0.2) is 54.6 Å². The topological polar surface area (TPSA) is 70.7 Å². The van der Waals surface area contributed by atoms with E-state index in [1.54, 1.807) is 36.3 Å². The third kappa shape index (κ3) is 5.60. The number of methoxy groups -OCH3 is 1. The van der Waals surface area contributed by atoms with Crippen molar-refractivity contribution in [1.29, 1.82) is 0 Å². The predicted octanol–water partition coefficient (Wildman–Crippen LogP) is 2.53. The van der Waals surface area contributed by atoms with Gasteiger partial charge in [0.1, 0.15) is 0 Å². The van der Waals surface area contributed by atoms with Gasteiger partial charge in [0, 0.05) is 37.1 Å². The molecule has 2 aromatic carbocycles. The van der Waals surface area contributed by atoms with Crippen molar-refractivity contribution in [3.63, 3.8) is 0 Å². The van der Waals surface area contributed by atoms with Crippen molar-refractivity contribution in [2.24, 2.45) is 0 Å². The van der Waals surface area contributed by atoms with E-state index in [1.165, 1.54) is 0 Å². The third-order valence-electron chi connectivity index (χ3n) is 3.84. The molecular weight excluding hydrogens is 330 g/mol. The molecule has 0 radical (unpaired) electrons. The Morgan fingerprint density at radius 3 is 2.35 bits per heavy atom. The summed E-state index contributed by atoms with van der Waals surface area (Å²) in [5, 5.41) is 5.77. The minimum absolute atomic E-state index is 0.0532. The molecule has 0 aliphatic rings. The van der Waals surface area contributed by atoms with E-state index in [2.05, 4.69) is 10.6 Å². The summed E-state index contributed by atoms with van der Waals surface area (Å²) in [4.78, 5) is 26.1. The van der Waals surface area contributed by atoms with Gasteiger partial charge in [-0.05, 0) is 43.3 Å². The smallest absolute Gasteiger partial charge is 0.258 e. The zero-order chi connectivity index (χ0) is 18.8. The monoisotopic (exact) mass is 355 g/mol. The summed E-state index contributed by atoms with van der Waals surface area (Å²) in [5.74, 6) is -0.161. The predicted molar refractivity (Wildman–Crippen MR) is 104 cm³/mol. The largest absolute Gasteiger partial charge is 0.383 e. The van der Waals surface area contributed by atoms with Crippen LogP contribution in [0.25, 0.3) is 0 Å². The Morgan fingerprint density at radius 1 is 1.04 bits per heavy atom. The molecule has 0 atom stereocenters. The Hall–Kier alpha value is -2.86. The van der Waals surface area contributed by atoms with Crippen molar-refractivity contribution in [3.05, 3.63) is 60.2 Å². The quantitative estimate of drug-likeness (QED) is 0.678. The second kappa shape index (κ2) is 10.2. The molecular formula is C20H25N3O3. The molecule has 0 fully saturated rings. The highest BCUT2D eigenvalue weighted by Gasteiger charge is 2.15. The Labute approximate surface area is 154 Å². The van der Waals surface area contributed by atoms with E-state index in [0.29, 0.717) is 25.3 Å². The molecule has 0 saturated carbocycles. The molecule has 2 N–H and O–H groups in total. The number of anilines is 2. The number of hydrogen-bond donors (Lipinski definition) is 2. The van der Waals surface area contributed by atoms with Gasteiger partial charge in [-0.25, -0.2) is 0 Å². The molecule has 2 amide bonds. The molecule has 2 rings (SSSR count). The second-order valence-electron chi connectivity index (χ2n) is 5.66. The Morgan fingerprint density at radius 2 is 1.73 bits per heavy atom. The fraction of sp³-hybridized carbons (Fsp3) is 0.300. The molecule has 6 nitrogen and oxygen atoms in total. The molecule has 0 saturated heterocycles. The Bertz CT molecular complexity index is 702. The third-order valence-corrected chi connectivity index (χ3v) is 3.84. The van der Waals surface area contributed by atoms with E-state index >= 15 is 0 Å². The minimum Gasteiger partial charge on any atom is -0.383 e. The van der Waals surface area contributed by atoms with Crippen molar-refractivity contribution in [3.8, 4) is 0 Å². The molecule has 0 spiro atoms. The standard InChI is InChI=1S/C20H25N3O3/c1-3-23(18-7-5-4-6-8-18)20(25)16-9-11-17(12-10-16)22-15-19(24)21-13-14-26-2/h4-12,22H,3,13-15H2,1-2H3,(H,21,24). The van der Waals surface area contributed by atoms with Crippen LogP contribution in [0.5, 0.6) is 0 Å². The highest BCUT2D eigenvalue weighted by molar-refractivity contribution is 6.06. The van der Waals surface area contributed by atoms with E-state index in [-0.39, 0.29) is 18.4 Å². The molecule has 0 aliphatic carbocycles. The van der Waals surface area contributed by atoms with Crippen LogP contribution in [-0.4, -0.2) is 45.2 Å². The van der Waals surface area contributed by atoms with Gasteiger partial charge in [-0.3, -0.25) is 9.59 Å². The highest BCUT2D eigenvalue weighted by Crippen LogP contribution is 2.18. The first-order chi connectivity index (χ1) is 12.7.